The summed E-state index contributed by atoms with van der Waals surface area (Å²) in [5, 5.41) is 8.84. The Kier molecular flexibility index (Phi) is 5.07. The second-order valence-electron chi connectivity index (χ2n) is 7.48. The Balaban J connectivity index is 1.47. The van der Waals surface area contributed by atoms with Crippen molar-refractivity contribution in [3.05, 3.63) is 42.5 Å². The highest BCUT2D eigenvalue weighted by Gasteiger charge is 2.48. The average Bonchev–Trinajstić information content (AvgIpc) is 3.15. The zero-order valence-electron chi connectivity index (χ0n) is 15.8. The number of hydrogen-bond acceptors (Lipinski definition) is 5. The van der Waals surface area contributed by atoms with Gasteiger partial charge in [-0.15, -0.1) is 10.2 Å². The number of nitrogens with zero attached hydrogens (tertiary/aromatic N) is 4. The zero-order chi connectivity index (χ0) is 18.7. The topological polar surface area (TPSA) is 58.6 Å². The molecular weight excluding hydrogens is 340 g/mol. The predicted molar refractivity (Wildman–Crippen MR) is 104 cm³/mol. The van der Waals surface area contributed by atoms with Crippen molar-refractivity contribution < 1.29 is 9.53 Å². The van der Waals surface area contributed by atoms with Crippen LogP contribution < -0.4 is 4.90 Å². The standard InChI is InChI=1S/C21H26N4O2/c1-27-15-14-24-12-5-10-21(20(24)26)11-13-25(16-21)19-9-8-18(22-23-19)17-6-3-2-4-7-17/h2-4,6-9H,5,10-16H2,1H3/t21-/m1/s1. The van der Waals surface area contributed by atoms with Crippen molar-refractivity contribution in [3.63, 3.8) is 0 Å². The van der Waals surface area contributed by atoms with Crippen LogP contribution in [0.4, 0.5) is 5.82 Å². The predicted octanol–water partition coefficient (Wildman–Crippen LogP) is 2.61. The molecule has 2 aromatic rings. The van der Waals surface area contributed by atoms with E-state index in [1.807, 2.05) is 47.4 Å². The van der Waals surface area contributed by atoms with E-state index in [1.165, 1.54) is 0 Å². The lowest BCUT2D eigenvalue weighted by Gasteiger charge is -2.39. The minimum Gasteiger partial charge on any atom is -0.383 e. The first-order valence-corrected chi connectivity index (χ1v) is 9.64. The van der Waals surface area contributed by atoms with Gasteiger partial charge in [0.15, 0.2) is 5.82 Å². The molecule has 2 aliphatic rings. The molecule has 1 amide bonds. The normalized spacial score (nSPS) is 22.6. The lowest BCUT2D eigenvalue weighted by atomic mass is 9.78. The lowest BCUT2D eigenvalue weighted by molar-refractivity contribution is -0.145. The van der Waals surface area contributed by atoms with Crippen LogP contribution in [-0.2, 0) is 9.53 Å². The van der Waals surface area contributed by atoms with Gasteiger partial charge in [-0.1, -0.05) is 30.3 Å². The summed E-state index contributed by atoms with van der Waals surface area (Å²) in [4.78, 5) is 17.3. The van der Waals surface area contributed by atoms with Gasteiger partial charge in [0.1, 0.15) is 0 Å². The molecule has 0 radical (unpaired) electrons. The molecule has 1 spiro atoms. The Bertz CT molecular complexity index is 781. The molecule has 1 atom stereocenters. The highest BCUT2D eigenvalue weighted by atomic mass is 16.5. The van der Waals surface area contributed by atoms with E-state index in [0.717, 1.165) is 56.0 Å². The highest BCUT2D eigenvalue weighted by Crippen LogP contribution is 2.41. The van der Waals surface area contributed by atoms with Crippen molar-refractivity contribution >= 4 is 11.7 Å². The highest BCUT2D eigenvalue weighted by molar-refractivity contribution is 5.85. The number of piperidine rings is 1. The number of methoxy groups -OCH3 is 1. The first-order chi connectivity index (χ1) is 13.2. The fourth-order valence-electron chi connectivity index (χ4n) is 4.27. The molecule has 1 aromatic carbocycles. The number of likely N-dealkylation sites (tertiary alicyclic amines) is 1. The van der Waals surface area contributed by atoms with Crippen LogP contribution in [0.3, 0.4) is 0 Å². The molecule has 0 saturated carbocycles. The van der Waals surface area contributed by atoms with Crippen LogP contribution in [-0.4, -0.2) is 60.9 Å². The summed E-state index contributed by atoms with van der Waals surface area (Å²) in [6.45, 7) is 3.70. The smallest absolute Gasteiger partial charge is 0.230 e. The molecule has 4 rings (SSSR count). The summed E-state index contributed by atoms with van der Waals surface area (Å²) in [5.41, 5.74) is 1.66. The molecule has 6 heteroatoms. The van der Waals surface area contributed by atoms with Gasteiger partial charge in [0.2, 0.25) is 5.91 Å². The Hall–Kier alpha value is -2.47. The Labute approximate surface area is 160 Å². The molecule has 0 aliphatic carbocycles. The van der Waals surface area contributed by atoms with Crippen molar-refractivity contribution in [1.29, 1.82) is 0 Å². The van der Waals surface area contributed by atoms with E-state index >= 15 is 0 Å². The summed E-state index contributed by atoms with van der Waals surface area (Å²) in [6.07, 6.45) is 2.90. The molecule has 2 aliphatic heterocycles. The van der Waals surface area contributed by atoms with Gasteiger partial charge < -0.3 is 14.5 Å². The monoisotopic (exact) mass is 366 g/mol. The van der Waals surface area contributed by atoms with Crippen molar-refractivity contribution in [2.24, 2.45) is 5.41 Å². The maximum Gasteiger partial charge on any atom is 0.230 e. The summed E-state index contributed by atoms with van der Waals surface area (Å²) >= 11 is 0. The average molecular weight is 366 g/mol. The van der Waals surface area contributed by atoms with E-state index in [2.05, 4.69) is 15.1 Å². The quantitative estimate of drug-likeness (QED) is 0.814. The van der Waals surface area contributed by atoms with Gasteiger partial charge in [-0.2, -0.15) is 0 Å². The maximum atomic E-state index is 13.1. The number of aromatic nitrogens is 2. The minimum absolute atomic E-state index is 0.272. The van der Waals surface area contributed by atoms with Crippen LogP contribution in [0.2, 0.25) is 0 Å². The van der Waals surface area contributed by atoms with Gasteiger partial charge in [-0.3, -0.25) is 4.79 Å². The van der Waals surface area contributed by atoms with E-state index in [-0.39, 0.29) is 11.3 Å². The van der Waals surface area contributed by atoms with E-state index in [0.29, 0.717) is 13.2 Å². The van der Waals surface area contributed by atoms with Crippen molar-refractivity contribution in [2.45, 2.75) is 19.3 Å². The van der Waals surface area contributed by atoms with Crippen molar-refractivity contribution in [2.75, 3.05) is 44.8 Å². The number of carbonyl (C=O) groups is 1. The largest absolute Gasteiger partial charge is 0.383 e. The number of carbonyl (C=O) groups excluding carboxylic acids is 1. The third kappa shape index (κ3) is 3.54. The molecule has 1 aromatic heterocycles. The van der Waals surface area contributed by atoms with Gasteiger partial charge in [0.05, 0.1) is 17.7 Å². The Morgan fingerprint density at radius 2 is 1.93 bits per heavy atom. The Morgan fingerprint density at radius 1 is 1.07 bits per heavy atom. The third-order valence-electron chi connectivity index (χ3n) is 5.79. The summed E-state index contributed by atoms with van der Waals surface area (Å²) in [7, 11) is 1.68. The van der Waals surface area contributed by atoms with E-state index < -0.39 is 0 Å². The van der Waals surface area contributed by atoms with E-state index in [9.17, 15) is 4.79 Å². The number of hydrogen-bond donors (Lipinski definition) is 0. The van der Waals surface area contributed by atoms with E-state index in [4.69, 9.17) is 4.74 Å². The summed E-state index contributed by atoms with van der Waals surface area (Å²) < 4.78 is 5.16. The summed E-state index contributed by atoms with van der Waals surface area (Å²) in [5.74, 6) is 1.13. The molecule has 2 saturated heterocycles. The molecule has 3 heterocycles. The number of rotatable bonds is 5. The van der Waals surface area contributed by atoms with Gasteiger partial charge in [-0.25, -0.2) is 0 Å². The van der Waals surface area contributed by atoms with Crippen LogP contribution in [0.25, 0.3) is 11.3 Å². The van der Waals surface area contributed by atoms with Gasteiger partial charge >= 0.3 is 0 Å². The molecule has 6 nitrogen and oxygen atoms in total. The van der Waals surface area contributed by atoms with Crippen LogP contribution in [0.15, 0.2) is 42.5 Å². The van der Waals surface area contributed by atoms with E-state index in [1.54, 1.807) is 7.11 Å². The molecule has 0 N–H and O–H groups in total. The molecule has 0 bridgehead atoms. The number of amides is 1. The van der Waals surface area contributed by atoms with Gasteiger partial charge in [0, 0.05) is 38.9 Å². The fourth-order valence-corrected chi connectivity index (χ4v) is 4.27. The van der Waals surface area contributed by atoms with Crippen LogP contribution >= 0.6 is 0 Å². The Morgan fingerprint density at radius 3 is 2.67 bits per heavy atom. The second-order valence-corrected chi connectivity index (χ2v) is 7.48. The van der Waals surface area contributed by atoms with Crippen molar-refractivity contribution in [1.82, 2.24) is 15.1 Å². The molecule has 142 valence electrons. The SMILES string of the molecule is COCCN1CCC[C@]2(CCN(c3ccc(-c4ccccc4)nn3)C2)C1=O. The zero-order valence-corrected chi connectivity index (χ0v) is 15.8. The van der Waals surface area contributed by atoms with Crippen LogP contribution in [0.1, 0.15) is 19.3 Å². The van der Waals surface area contributed by atoms with Gasteiger partial charge in [0.25, 0.3) is 0 Å². The van der Waals surface area contributed by atoms with Crippen LogP contribution in [0, 0.1) is 5.41 Å². The number of anilines is 1. The number of benzene rings is 1. The molecule has 27 heavy (non-hydrogen) atoms. The fraction of sp³-hybridized carbons (Fsp3) is 0.476. The first-order valence-electron chi connectivity index (χ1n) is 9.64. The minimum atomic E-state index is -0.272. The lowest BCUT2D eigenvalue weighted by Crippen LogP contribution is -2.51. The van der Waals surface area contributed by atoms with Crippen molar-refractivity contribution in [3.8, 4) is 11.3 Å². The second kappa shape index (κ2) is 7.64. The molecule has 2 fully saturated rings. The number of ether oxygens (including phenoxy) is 1. The maximum absolute atomic E-state index is 13.1. The molecular formula is C21H26N4O2. The van der Waals surface area contributed by atoms with Crippen LogP contribution in [0.5, 0.6) is 0 Å². The third-order valence-corrected chi connectivity index (χ3v) is 5.79. The van der Waals surface area contributed by atoms with Gasteiger partial charge in [-0.05, 0) is 31.4 Å². The first kappa shape index (κ1) is 17.9. The molecule has 0 unspecified atom stereocenters. The summed E-state index contributed by atoms with van der Waals surface area (Å²) in [6, 6.07) is 14.1.